The summed E-state index contributed by atoms with van der Waals surface area (Å²) in [5.41, 5.74) is 1.84. The molecule has 0 saturated heterocycles. The molecule has 94 valence electrons. The number of anilines is 1. The Balaban J connectivity index is 2.07. The smallest absolute Gasteiger partial charge is 0.263 e. The summed E-state index contributed by atoms with van der Waals surface area (Å²) in [4.78, 5) is 0. The summed E-state index contributed by atoms with van der Waals surface area (Å²) in [6.07, 6.45) is -2.42. The summed E-state index contributed by atoms with van der Waals surface area (Å²) in [7, 11) is 0. The van der Waals surface area contributed by atoms with Crippen molar-refractivity contribution in [2.45, 2.75) is 13.0 Å². The zero-order valence-electron chi connectivity index (χ0n) is 9.54. The normalized spacial score (nSPS) is 10.7. The molecule has 0 radical (unpaired) electrons. The molecule has 0 bridgehead atoms. The first-order chi connectivity index (χ1) is 8.66. The van der Waals surface area contributed by atoms with Gasteiger partial charge in [0.05, 0.1) is 0 Å². The van der Waals surface area contributed by atoms with Crippen LogP contribution in [-0.4, -0.2) is 0 Å². The molecule has 0 atom stereocenters. The van der Waals surface area contributed by atoms with Crippen molar-refractivity contribution in [3.8, 4) is 0 Å². The lowest BCUT2D eigenvalue weighted by Gasteiger charge is -2.09. The number of nitrogens with one attached hydrogen (secondary N) is 1. The molecule has 0 saturated carbocycles. The maximum absolute atomic E-state index is 12.5. The molecule has 0 aliphatic rings. The highest BCUT2D eigenvalue weighted by Crippen LogP contribution is 2.23. The Labute approximate surface area is 113 Å². The number of benzene rings is 2. The first-order valence-electron chi connectivity index (χ1n) is 5.52. The lowest BCUT2D eigenvalue weighted by molar-refractivity contribution is 0.151. The first kappa shape index (κ1) is 13.0. The van der Waals surface area contributed by atoms with Crippen molar-refractivity contribution in [1.29, 1.82) is 0 Å². The van der Waals surface area contributed by atoms with E-state index in [1.54, 1.807) is 6.07 Å². The van der Waals surface area contributed by atoms with Crippen LogP contribution in [0.15, 0.2) is 53.0 Å². The van der Waals surface area contributed by atoms with Gasteiger partial charge in [-0.25, -0.2) is 8.78 Å². The fraction of sp³-hybridized carbons (Fsp3) is 0.143. The van der Waals surface area contributed by atoms with Crippen LogP contribution in [0, 0.1) is 0 Å². The van der Waals surface area contributed by atoms with Gasteiger partial charge in [-0.2, -0.15) is 0 Å². The molecular formula is C14H12BrF2N. The second-order valence-electron chi connectivity index (χ2n) is 3.88. The maximum atomic E-state index is 12.5. The zero-order valence-corrected chi connectivity index (χ0v) is 11.1. The Kier molecular flexibility index (Phi) is 4.31. The molecule has 4 heteroatoms. The molecule has 2 aromatic carbocycles. The van der Waals surface area contributed by atoms with Crippen molar-refractivity contribution < 1.29 is 8.78 Å². The van der Waals surface area contributed by atoms with Gasteiger partial charge in [-0.1, -0.05) is 30.3 Å². The van der Waals surface area contributed by atoms with Crippen molar-refractivity contribution in [2.24, 2.45) is 0 Å². The third-order valence-electron chi connectivity index (χ3n) is 2.56. The molecule has 18 heavy (non-hydrogen) atoms. The van der Waals surface area contributed by atoms with Crippen LogP contribution < -0.4 is 5.32 Å². The van der Waals surface area contributed by atoms with Gasteiger partial charge in [-0.15, -0.1) is 0 Å². The average Bonchev–Trinajstić information content (AvgIpc) is 2.38. The van der Waals surface area contributed by atoms with Gasteiger partial charge in [-0.3, -0.25) is 0 Å². The zero-order chi connectivity index (χ0) is 13.0. The second kappa shape index (κ2) is 5.96. The Bertz CT molecular complexity index is 529. The number of alkyl halides is 2. The van der Waals surface area contributed by atoms with Crippen LogP contribution in [0.3, 0.4) is 0 Å². The molecule has 1 N–H and O–H groups in total. The maximum Gasteiger partial charge on any atom is 0.263 e. The molecule has 0 aromatic heterocycles. The molecule has 0 amide bonds. The molecule has 1 nitrogen and oxygen atoms in total. The molecular weight excluding hydrogens is 300 g/mol. The summed E-state index contributed by atoms with van der Waals surface area (Å²) < 4.78 is 26.0. The Morgan fingerprint density at radius 1 is 1.06 bits per heavy atom. The van der Waals surface area contributed by atoms with Gasteiger partial charge in [0.1, 0.15) is 0 Å². The van der Waals surface area contributed by atoms with Crippen LogP contribution >= 0.6 is 15.9 Å². The van der Waals surface area contributed by atoms with Crippen molar-refractivity contribution in [2.75, 3.05) is 5.32 Å². The SMILES string of the molecule is FC(F)c1cccc(CNc2ccccc2Br)c1. The summed E-state index contributed by atoms with van der Waals surface area (Å²) >= 11 is 3.43. The topological polar surface area (TPSA) is 12.0 Å². The van der Waals surface area contributed by atoms with Gasteiger partial charge in [0, 0.05) is 22.3 Å². The summed E-state index contributed by atoms with van der Waals surface area (Å²) in [5, 5.41) is 3.20. The Morgan fingerprint density at radius 3 is 2.56 bits per heavy atom. The van der Waals surface area contributed by atoms with E-state index >= 15 is 0 Å². The highest BCUT2D eigenvalue weighted by atomic mass is 79.9. The van der Waals surface area contributed by atoms with E-state index < -0.39 is 6.43 Å². The minimum absolute atomic E-state index is 0.0569. The van der Waals surface area contributed by atoms with Crippen molar-refractivity contribution in [3.05, 3.63) is 64.1 Å². The molecule has 0 aliphatic heterocycles. The predicted octanol–water partition coefficient (Wildman–Crippen LogP) is 5.00. The molecule has 0 aliphatic carbocycles. The van der Waals surface area contributed by atoms with Gasteiger partial charge in [0.2, 0.25) is 0 Å². The monoisotopic (exact) mass is 311 g/mol. The van der Waals surface area contributed by atoms with Gasteiger partial charge < -0.3 is 5.32 Å². The quantitative estimate of drug-likeness (QED) is 0.838. The van der Waals surface area contributed by atoms with E-state index in [9.17, 15) is 8.78 Å². The van der Waals surface area contributed by atoms with Crippen LogP contribution in [-0.2, 0) is 6.54 Å². The van der Waals surface area contributed by atoms with E-state index in [1.165, 1.54) is 12.1 Å². The number of rotatable bonds is 4. The average molecular weight is 312 g/mol. The highest BCUT2D eigenvalue weighted by Gasteiger charge is 2.07. The number of hydrogen-bond acceptors (Lipinski definition) is 1. The van der Waals surface area contributed by atoms with Gasteiger partial charge in [-0.05, 0) is 39.7 Å². The first-order valence-corrected chi connectivity index (χ1v) is 6.31. The van der Waals surface area contributed by atoms with Crippen molar-refractivity contribution >= 4 is 21.6 Å². The molecule has 0 unspecified atom stereocenters. The molecule has 0 fully saturated rings. The van der Waals surface area contributed by atoms with Crippen LogP contribution in [0.4, 0.5) is 14.5 Å². The molecule has 0 heterocycles. The predicted molar refractivity (Wildman–Crippen MR) is 72.9 cm³/mol. The van der Waals surface area contributed by atoms with Gasteiger partial charge in [0.15, 0.2) is 0 Å². The molecule has 0 spiro atoms. The number of halogens is 3. The van der Waals surface area contributed by atoms with Crippen LogP contribution in [0.5, 0.6) is 0 Å². The van der Waals surface area contributed by atoms with E-state index in [2.05, 4.69) is 21.2 Å². The summed E-state index contributed by atoms with van der Waals surface area (Å²) in [5.74, 6) is 0. The van der Waals surface area contributed by atoms with Crippen LogP contribution in [0.1, 0.15) is 17.6 Å². The van der Waals surface area contributed by atoms with E-state index in [0.717, 1.165) is 15.7 Å². The van der Waals surface area contributed by atoms with E-state index in [0.29, 0.717) is 6.54 Å². The van der Waals surface area contributed by atoms with Crippen molar-refractivity contribution in [3.63, 3.8) is 0 Å². The summed E-state index contributed by atoms with van der Waals surface area (Å²) in [6.45, 7) is 0.517. The minimum Gasteiger partial charge on any atom is -0.380 e. The third-order valence-corrected chi connectivity index (χ3v) is 3.25. The fourth-order valence-electron chi connectivity index (χ4n) is 1.64. The Hall–Kier alpha value is -1.42. The largest absolute Gasteiger partial charge is 0.380 e. The van der Waals surface area contributed by atoms with E-state index in [4.69, 9.17) is 0 Å². The molecule has 2 aromatic rings. The van der Waals surface area contributed by atoms with Crippen LogP contribution in [0.25, 0.3) is 0 Å². The van der Waals surface area contributed by atoms with Crippen LogP contribution in [0.2, 0.25) is 0 Å². The molecule has 2 rings (SSSR count). The van der Waals surface area contributed by atoms with E-state index in [-0.39, 0.29) is 5.56 Å². The number of para-hydroxylation sites is 1. The standard InChI is InChI=1S/C14H12BrF2N/c15-12-6-1-2-7-13(12)18-9-10-4-3-5-11(8-10)14(16)17/h1-8,14,18H,9H2. The fourth-order valence-corrected chi connectivity index (χ4v) is 2.07. The lowest BCUT2D eigenvalue weighted by atomic mass is 10.1. The van der Waals surface area contributed by atoms with Crippen molar-refractivity contribution in [1.82, 2.24) is 0 Å². The summed E-state index contributed by atoms with van der Waals surface area (Å²) in [6, 6.07) is 14.1. The Morgan fingerprint density at radius 2 is 1.83 bits per heavy atom. The van der Waals surface area contributed by atoms with Gasteiger partial charge in [0.25, 0.3) is 6.43 Å². The lowest BCUT2D eigenvalue weighted by Crippen LogP contribution is -2.00. The van der Waals surface area contributed by atoms with E-state index in [1.807, 2.05) is 30.3 Å². The highest BCUT2D eigenvalue weighted by molar-refractivity contribution is 9.10. The second-order valence-corrected chi connectivity index (χ2v) is 4.73. The third kappa shape index (κ3) is 3.29. The number of hydrogen-bond donors (Lipinski definition) is 1. The minimum atomic E-state index is -2.42. The van der Waals surface area contributed by atoms with Gasteiger partial charge >= 0.3 is 0 Å².